The molecule has 1 N–H and O–H groups in total. The number of nitrogens with zero attached hydrogens (tertiary/aromatic N) is 2. The fraction of sp³-hybridized carbons (Fsp3) is 0.333. The van der Waals surface area contributed by atoms with Crippen LogP contribution in [0.3, 0.4) is 0 Å². The predicted octanol–water partition coefficient (Wildman–Crippen LogP) is 3.05. The number of benzene rings is 1. The number of carbonyl (C=O) groups is 1. The second-order valence-corrected chi connectivity index (χ2v) is 5.91. The van der Waals surface area contributed by atoms with Crippen molar-refractivity contribution in [3.05, 3.63) is 65.7 Å². The number of hydrogen-bond donors (Lipinski definition) is 1. The second-order valence-electron chi connectivity index (χ2n) is 5.91. The number of aliphatic hydroxyl groups is 1. The van der Waals surface area contributed by atoms with Crippen molar-refractivity contribution in [3.8, 4) is 0 Å². The van der Waals surface area contributed by atoms with Crippen LogP contribution < -0.4 is 0 Å². The molecule has 1 unspecified atom stereocenters. The van der Waals surface area contributed by atoms with Crippen molar-refractivity contribution in [2.75, 3.05) is 13.1 Å². The zero-order chi connectivity index (χ0) is 16.8. The number of hydrogen-bond acceptors (Lipinski definition) is 3. The van der Waals surface area contributed by atoms with Gasteiger partial charge in [0.2, 0.25) is 0 Å². The monoisotopic (exact) mass is 316 g/mol. The quantitative estimate of drug-likeness (QED) is 0.891. The molecule has 0 aliphatic heterocycles. The van der Waals surface area contributed by atoms with Crippen molar-refractivity contribution in [1.82, 2.24) is 9.88 Å². The highest BCUT2D eigenvalue weighted by Gasteiger charge is 2.21. The van der Waals surface area contributed by atoms with Crippen LogP contribution in [0, 0.1) is 11.7 Å². The normalized spacial score (nSPS) is 12.2. The van der Waals surface area contributed by atoms with Crippen LogP contribution >= 0.6 is 0 Å². The first-order valence-corrected chi connectivity index (χ1v) is 7.60. The fourth-order valence-electron chi connectivity index (χ4n) is 2.35. The molecule has 122 valence electrons. The summed E-state index contributed by atoms with van der Waals surface area (Å²) in [6, 6.07) is 9.07. The van der Waals surface area contributed by atoms with E-state index in [4.69, 9.17) is 0 Å². The van der Waals surface area contributed by atoms with Gasteiger partial charge in [-0.2, -0.15) is 0 Å². The summed E-state index contributed by atoms with van der Waals surface area (Å²) in [5.74, 6) is -0.268. The van der Waals surface area contributed by atoms with Crippen LogP contribution in [0.25, 0.3) is 0 Å². The van der Waals surface area contributed by atoms with Gasteiger partial charge in [0.1, 0.15) is 5.82 Å². The topological polar surface area (TPSA) is 53.4 Å². The molecule has 5 heteroatoms. The van der Waals surface area contributed by atoms with Gasteiger partial charge >= 0.3 is 0 Å². The van der Waals surface area contributed by atoms with Crippen LogP contribution in [0.5, 0.6) is 0 Å². The number of halogens is 1. The molecule has 1 atom stereocenters. The van der Waals surface area contributed by atoms with E-state index in [1.54, 1.807) is 23.2 Å². The van der Waals surface area contributed by atoms with Crippen molar-refractivity contribution in [2.45, 2.75) is 20.0 Å². The molecule has 2 rings (SSSR count). The molecule has 0 saturated carbocycles. The van der Waals surface area contributed by atoms with E-state index in [0.29, 0.717) is 17.7 Å². The van der Waals surface area contributed by atoms with Crippen LogP contribution in [0.15, 0.2) is 48.8 Å². The van der Waals surface area contributed by atoms with Crippen molar-refractivity contribution >= 4 is 5.91 Å². The maximum absolute atomic E-state index is 13.0. The number of aromatic nitrogens is 1. The summed E-state index contributed by atoms with van der Waals surface area (Å²) in [5.41, 5.74) is 1.07. The summed E-state index contributed by atoms with van der Waals surface area (Å²) in [6.45, 7) is 4.69. The molecular weight excluding hydrogens is 295 g/mol. The Balaban J connectivity index is 2.15. The minimum atomic E-state index is -0.866. The minimum Gasteiger partial charge on any atom is -0.387 e. The Labute approximate surface area is 135 Å². The van der Waals surface area contributed by atoms with E-state index < -0.39 is 6.10 Å². The van der Waals surface area contributed by atoms with Crippen molar-refractivity contribution in [1.29, 1.82) is 0 Å². The molecule has 2 aromatic rings. The maximum Gasteiger partial charge on any atom is 0.255 e. The lowest BCUT2D eigenvalue weighted by molar-refractivity contribution is 0.0594. The number of aliphatic hydroxyl groups excluding tert-OH is 1. The van der Waals surface area contributed by atoms with Crippen LogP contribution in [0.2, 0.25) is 0 Å². The lowest BCUT2D eigenvalue weighted by Crippen LogP contribution is -2.37. The lowest BCUT2D eigenvalue weighted by atomic mass is 10.1. The SMILES string of the molecule is CC(C)CN(CC(O)c1ccc(F)cc1)C(=O)c1cccnc1. The summed E-state index contributed by atoms with van der Waals surface area (Å²) in [6.07, 6.45) is 2.26. The molecule has 1 amide bonds. The molecule has 4 nitrogen and oxygen atoms in total. The molecule has 0 spiro atoms. The molecule has 0 aliphatic rings. The molecule has 1 aromatic heterocycles. The molecule has 23 heavy (non-hydrogen) atoms. The van der Waals surface area contributed by atoms with Gasteiger partial charge < -0.3 is 10.0 Å². The molecule has 0 aliphatic carbocycles. The van der Waals surface area contributed by atoms with Gasteiger partial charge in [-0.3, -0.25) is 9.78 Å². The minimum absolute atomic E-state index is 0.150. The van der Waals surface area contributed by atoms with E-state index in [0.717, 1.165) is 0 Å². The molecule has 0 fully saturated rings. The summed E-state index contributed by atoms with van der Waals surface area (Å²) < 4.78 is 13.0. The second kappa shape index (κ2) is 7.83. The molecule has 0 bridgehead atoms. The van der Waals surface area contributed by atoms with E-state index in [2.05, 4.69) is 4.98 Å². The smallest absolute Gasteiger partial charge is 0.255 e. The van der Waals surface area contributed by atoms with Gasteiger partial charge in [-0.15, -0.1) is 0 Å². The Bertz CT molecular complexity index is 629. The highest BCUT2D eigenvalue weighted by molar-refractivity contribution is 5.93. The van der Waals surface area contributed by atoms with Gasteiger partial charge in [-0.1, -0.05) is 26.0 Å². The van der Waals surface area contributed by atoms with Gasteiger partial charge in [-0.25, -0.2) is 4.39 Å². The first-order chi connectivity index (χ1) is 11.0. The van der Waals surface area contributed by atoms with Crippen LogP contribution in [0.1, 0.15) is 35.9 Å². The summed E-state index contributed by atoms with van der Waals surface area (Å²) in [4.78, 5) is 18.2. The standard InChI is InChI=1S/C18H21FN2O2/c1-13(2)11-21(18(23)15-4-3-9-20-10-15)12-17(22)14-5-7-16(19)8-6-14/h3-10,13,17,22H,11-12H2,1-2H3. The van der Waals surface area contributed by atoms with Crippen molar-refractivity contribution in [2.24, 2.45) is 5.92 Å². The lowest BCUT2D eigenvalue weighted by Gasteiger charge is -2.27. The largest absolute Gasteiger partial charge is 0.387 e. The van der Waals surface area contributed by atoms with Gasteiger partial charge in [0.05, 0.1) is 18.2 Å². The Hall–Kier alpha value is -2.27. The summed E-state index contributed by atoms with van der Waals surface area (Å²) in [7, 11) is 0. The van der Waals surface area contributed by atoms with Crippen LogP contribution in [-0.2, 0) is 0 Å². The Morgan fingerprint density at radius 1 is 1.22 bits per heavy atom. The molecule has 0 radical (unpaired) electrons. The Morgan fingerprint density at radius 3 is 2.48 bits per heavy atom. The highest BCUT2D eigenvalue weighted by atomic mass is 19.1. The number of carbonyl (C=O) groups excluding carboxylic acids is 1. The fourth-order valence-corrected chi connectivity index (χ4v) is 2.35. The molecule has 1 aromatic carbocycles. The van der Waals surface area contributed by atoms with E-state index in [1.807, 2.05) is 13.8 Å². The molecule has 1 heterocycles. The zero-order valence-electron chi connectivity index (χ0n) is 13.3. The highest BCUT2D eigenvalue weighted by Crippen LogP contribution is 2.17. The first-order valence-electron chi connectivity index (χ1n) is 7.60. The molecular formula is C18H21FN2O2. The Kier molecular flexibility index (Phi) is 5.82. The number of pyridine rings is 1. The third kappa shape index (κ3) is 4.86. The Morgan fingerprint density at radius 2 is 1.91 bits per heavy atom. The van der Waals surface area contributed by atoms with Crippen LogP contribution in [-0.4, -0.2) is 34.0 Å². The summed E-state index contributed by atoms with van der Waals surface area (Å²) in [5, 5.41) is 10.4. The van der Waals surface area contributed by atoms with E-state index in [9.17, 15) is 14.3 Å². The van der Waals surface area contributed by atoms with Crippen LogP contribution in [0.4, 0.5) is 4.39 Å². The molecule has 0 saturated heterocycles. The van der Waals surface area contributed by atoms with E-state index in [1.165, 1.54) is 30.5 Å². The predicted molar refractivity (Wildman–Crippen MR) is 86.3 cm³/mol. The maximum atomic E-state index is 13.0. The van der Waals surface area contributed by atoms with Gasteiger partial charge in [0.15, 0.2) is 0 Å². The van der Waals surface area contributed by atoms with Crippen molar-refractivity contribution < 1.29 is 14.3 Å². The first kappa shape index (κ1) is 17.1. The van der Waals surface area contributed by atoms with Gasteiger partial charge in [0.25, 0.3) is 5.91 Å². The number of amides is 1. The third-order valence-corrected chi connectivity index (χ3v) is 3.43. The van der Waals surface area contributed by atoms with Crippen molar-refractivity contribution in [3.63, 3.8) is 0 Å². The van der Waals surface area contributed by atoms with E-state index >= 15 is 0 Å². The van der Waals surface area contributed by atoms with Gasteiger partial charge in [0, 0.05) is 18.9 Å². The van der Waals surface area contributed by atoms with Gasteiger partial charge in [-0.05, 0) is 35.7 Å². The zero-order valence-corrected chi connectivity index (χ0v) is 13.3. The summed E-state index contributed by atoms with van der Waals surface area (Å²) >= 11 is 0. The number of rotatable bonds is 6. The van der Waals surface area contributed by atoms with E-state index in [-0.39, 0.29) is 24.2 Å². The third-order valence-electron chi connectivity index (χ3n) is 3.43. The average Bonchev–Trinajstić information content (AvgIpc) is 2.54. The average molecular weight is 316 g/mol.